The first-order chi connectivity index (χ1) is 5.88. The Labute approximate surface area is 84.5 Å². The molecule has 1 aromatic rings. The Morgan fingerprint density at radius 2 is 2.38 bits per heavy atom. The van der Waals surface area contributed by atoms with E-state index >= 15 is 0 Å². The largest absolute Gasteiger partial charge is 0.396 e. The van der Waals surface area contributed by atoms with E-state index in [9.17, 15) is 0 Å². The predicted molar refractivity (Wildman–Crippen MR) is 55.1 cm³/mol. The maximum atomic E-state index is 8.63. The maximum Gasteiger partial charge on any atom is 0.108 e. The van der Waals surface area contributed by atoms with Crippen LogP contribution in [0.15, 0.2) is 25.0 Å². The van der Waals surface area contributed by atoms with Crippen LogP contribution in [-0.4, -0.2) is 21.3 Å². The van der Waals surface area contributed by atoms with Gasteiger partial charge in [0.25, 0.3) is 0 Å². The molecule has 3 nitrogen and oxygen atoms in total. The molecule has 13 heavy (non-hydrogen) atoms. The molecule has 0 saturated heterocycles. The van der Waals surface area contributed by atoms with E-state index in [2.05, 4.69) is 11.6 Å². The van der Waals surface area contributed by atoms with Gasteiger partial charge in [-0.25, -0.2) is 4.98 Å². The lowest BCUT2D eigenvalue weighted by molar-refractivity contribution is 0.287. The van der Waals surface area contributed by atoms with Crippen molar-refractivity contribution in [3.63, 3.8) is 0 Å². The molecule has 0 amide bonds. The number of aliphatic hydroxyl groups is 1. The molecule has 74 valence electrons. The monoisotopic (exact) mass is 202 g/mol. The minimum absolute atomic E-state index is 0. The minimum atomic E-state index is 0. The van der Waals surface area contributed by atoms with Crippen LogP contribution in [0.5, 0.6) is 0 Å². The van der Waals surface area contributed by atoms with Crippen LogP contribution in [0.4, 0.5) is 0 Å². The molecule has 1 aromatic heterocycles. The highest BCUT2D eigenvalue weighted by Crippen LogP contribution is 2.00. The Balaban J connectivity index is 0.00000144. The van der Waals surface area contributed by atoms with Gasteiger partial charge >= 0.3 is 0 Å². The summed E-state index contributed by atoms with van der Waals surface area (Å²) in [6, 6.07) is 0. The predicted octanol–water partition coefficient (Wildman–Crippen LogP) is 1.42. The molecule has 1 heterocycles. The highest BCUT2D eigenvalue weighted by Gasteiger charge is 1.99. The molecule has 1 rings (SSSR count). The van der Waals surface area contributed by atoms with E-state index in [4.69, 9.17) is 5.11 Å². The van der Waals surface area contributed by atoms with Crippen molar-refractivity contribution in [2.45, 2.75) is 19.4 Å². The minimum Gasteiger partial charge on any atom is -0.396 e. The van der Waals surface area contributed by atoms with Gasteiger partial charge in [-0.2, -0.15) is 0 Å². The molecule has 0 bridgehead atoms. The summed E-state index contributed by atoms with van der Waals surface area (Å²) in [7, 11) is 0. The average Bonchev–Trinajstić information content (AvgIpc) is 2.50. The number of hydrogen-bond acceptors (Lipinski definition) is 2. The molecule has 0 radical (unpaired) electrons. The van der Waals surface area contributed by atoms with Gasteiger partial charge in [-0.15, -0.1) is 19.0 Å². The van der Waals surface area contributed by atoms with Crippen LogP contribution < -0.4 is 0 Å². The first-order valence-corrected chi connectivity index (χ1v) is 4.10. The Bertz CT molecular complexity index is 248. The summed E-state index contributed by atoms with van der Waals surface area (Å²) in [5.74, 6) is 1.02. The van der Waals surface area contributed by atoms with Gasteiger partial charge in [0.15, 0.2) is 0 Å². The molecule has 4 heteroatoms. The van der Waals surface area contributed by atoms with E-state index in [1.54, 1.807) is 6.20 Å². The number of imidazole rings is 1. The quantitative estimate of drug-likeness (QED) is 0.734. The Morgan fingerprint density at radius 3 is 3.00 bits per heavy atom. The van der Waals surface area contributed by atoms with Crippen molar-refractivity contribution in [3.8, 4) is 0 Å². The first-order valence-electron chi connectivity index (χ1n) is 4.10. The molecule has 0 aliphatic carbocycles. The number of allylic oxidation sites excluding steroid dienone is 1. The Hall–Kier alpha value is -0.800. The van der Waals surface area contributed by atoms with Crippen LogP contribution in [0.25, 0.3) is 0 Å². The molecular formula is C9H15ClN2O. The summed E-state index contributed by atoms with van der Waals surface area (Å²) in [6.07, 6.45) is 7.14. The van der Waals surface area contributed by atoms with E-state index < -0.39 is 0 Å². The number of aliphatic hydroxyl groups excluding tert-OH is 1. The smallest absolute Gasteiger partial charge is 0.108 e. The van der Waals surface area contributed by atoms with Crippen LogP contribution in [0.2, 0.25) is 0 Å². The number of hydrogen-bond donors (Lipinski definition) is 1. The maximum absolute atomic E-state index is 8.63. The van der Waals surface area contributed by atoms with Crippen LogP contribution in [0, 0.1) is 0 Å². The standard InChI is InChI=1S/C9H14N2O.ClH/c1-2-6-11-7-5-10-9(11)4-3-8-12;/h2,5,7,12H,1,3-4,6,8H2;1H. The van der Waals surface area contributed by atoms with E-state index in [0.717, 1.165) is 25.2 Å². The summed E-state index contributed by atoms with van der Waals surface area (Å²) in [5.41, 5.74) is 0. The Kier molecular flexibility index (Phi) is 6.28. The fraction of sp³-hybridized carbons (Fsp3) is 0.444. The van der Waals surface area contributed by atoms with Gasteiger partial charge in [0.1, 0.15) is 5.82 Å². The SMILES string of the molecule is C=CCn1ccnc1CCCO.Cl. The molecule has 0 fully saturated rings. The molecule has 0 aromatic carbocycles. The lowest BCUT2D eigenvalue weighted by atomic mass is 10.3. The van der Waals surface area contributed by atoms with Crippen molar-refractivity contribution in [2.75, 3.05) is 6.61 Å². The molecule has 0 saturated carbocycles. The van der Waals surface area contributed by atoms with Crippen molar-refractivity contribution < 1.29 is 5.11 Å². The molecule has 0 aliphatic heterocycles. The number of rotatable bonds is 5. The van der Waals surface area contributed by atoms with E-state index in [-0.39, 0.29) is 19.0 Å². The van der Waals surface area contributed by atoms with Gasteiger partial charge in [-0.3, -0.25) is 0 Å². The number of halogens is 1. The highest BCUT2D eigenvalue weighted by molar-refractivity contribution is 5.85. The van der Waals surface area contributed by atoms with Gasteiger partial charge in [-0.1, -0.05) is 6.08 Å². The van der Waals surface area contributed by atoms with Gasteiger partial charge in [-0.05, 0) is 6.42 Å². The molecule has 0 aliphatic rings. The molecule has 1 N–H and O–H groups in total. The van der Waals surface area contributed by atoms with Gasteiger partial charge in [0.2, 0.25) is 0 Å². The summed E-state index contributed by atoms with van der Waals surface area (Å²) >= 11 is 0. The molecule has 0 atom stereocenters. The summed E-state index contributed by atoms with van der Waals surface area (Å²) in [4.78, 5) is 4.18. The van der Waals surface area contributed by atoms with E-state index in [1.807, 2.05) is 16.8 Å². The van der Waals surface area contributed by atoms with Gasteiger partial charge in [0.05, 0.1) is 0 Å². The first kappa shape index (κ1) is 12.2. The van der Waals surface area contributed by atoms with Gasteiger partial charge < -0.3 is 9.67 Å². The molecular weight excluding hydrogens is 188 g/mol. The fourth-order valence-corrected chi connectivity index (χ4v) is 1.11. The summed E-state index contributed by atoms with van der Waals surface area (Å²) in [6.45, 7) is 4.67. The van der Waals surface area contributed by atoms with Crippen LogP contribution in [0.1, 0.15) is 12.2 Å². The van der Waals surface area contributed by atoms with E-state index in [0.29, 0.717) is 0 Å². The van der Waals surface area contributed by atoms with Crippen LogP contribution in [-0.2, 0) is 13.0 Å². The number of aromatic nitrogens is 2. The molecule has 0 unspecified atom stereocenters. The zero-order valence-corrected chi connectivity index (χ0v) is 8.33. The van der Waals surface area contributed by atoms with Gasteiger partial charge in [0, 0.05) is 32.0 Å². The van der Waals surface area contributed by atoms with Crippen molar-refractivity contribution >= 4 is 12.4 Å². The third-order valence-corrected chi connectivity index (χ3v) is 1.69. The second-order valence-corrected chi connectivity index (χ2v) is 2.61. The summed E-state index contributed by atoms with van der Waals surface area (Å²) < 4.78 is 2.03. The third-order valence-electron chi connectivity index (χ3n) is 1.69. The van der Waals surface area contributed by atoms with Crippen molar-refractivity contribution in [1.82, 2.24) is 9.55 Å². The topological polar surface area (TPSA) is 38.0 Å². The normalized spacial score (nSPS) is 9.31. The summed E-state index contributed by atoms with van der Waals surface area (Å²) in [5, 5.41) is 8.63. The van der Waals surface area contributed by atoms with Crippen LogP contribution in [0.3, 0.4) is 0 Å². The lowest BCUT2D eigenvalue weighted by Crippen LogP contribution is -2.02. The Morgan fingerprint density at radius 1 is 1.62 bits per heavy atom. The van der Waals surface area contributed by atoms with Crippen LogP contribution >= 0.6 is 12.4 Å². The van der Waals surface area contributed by atoms with E-state index in [1.165, 1.54) is 0 Å². The number of aryl methyl sites for hydroxylation is 1. The average molecular weight is 203 g/mol. The van der Waals surface area contributed by atoms with Crippen molar-refractivity contribution in [3.05, 3.63) is 30.9 Å². The highest BCUT2D eigenvalue weighted by atomic mass is 35.5. The zero-order valence-electron chi connectivity index (χ0n) is 7.52. The van der Waals surface area contributed by atoms with Crippen molar-refractivity contribution in [1.29, 1.82) is 0 Å². The molecule has 0 spiro atoms. The zero-order chi connectivity index (χ0) is 8.81. The number of nitrogens with zero attached hydrogens (tertiary/aromatic N) is 2. The third kappa shape index (κ3) is 3.61. The second kappa shape index (κ2) is 6.69. The second-order valence-electron chi connectivity index (χ2n) is 2.61. The van der Waals surface area contributed by atoms with Crippen molar-refractivity contribution in [2.24, 2.45) is 0 Å². The fourth-order valence-electron chi connectivity index (χ4n) is 1.11. The lowest BCUT2D eigenvalue weighted by Gasteiger charge is -2.02.